The number of aromatic amines is 1. The van der Waals surface area contributed by atoms with Crippen LogP contribution >= 0.6 is 0 Å². The van der Waals surface area contributed by atoms with E-state index < -0.39 is 0 Å². The molecular weight excluding hydrogens is 344 g/mol. The van der Waals surface area contributed by atoms with E-state index in [9.17, 15) is 9.59 Å². The molecule has 4 rings (SSSR count). The molecule has 0 atom stereocenters. The van der Waals surface area contributed by atoms with E-state index in [1.165, 1.54) is 5.56 Å². The van der Waals surface area contributed by atoms with Crippen molar-refractivity contribution < 1.29 is 14.3 Å². The third kappa shape index (κ3) is 3.47. The van der Waals surface area contributed by atoms with Crippen LogP contribution in [-0.4, -0.2) is 64.7 Å². The first-order chi connectivity index (χ1) is 13.2. The summed E-state index contributed by atoms with van der Waals surface area (Å²) >= 11 is 0. The van der Waals surface area contributed by atoms with Crippen molar-refractivity contribution in [1.29, 1.82) is 0 Å². The molecule has 0 aliphatic carbocycles. The average Bonchev–Trinajstić information content (AvgIpc) is 3.16. The predicted octanol–water partition coefficient (Wildman–Crippen LogP) is 1.64. The van der Waals surface area contributed by atoms with Gasteiger partial charge in [0.25, 0.3) is 11.8 Å². The molecule has 2 aliphatic rings. The standard InChI is InChI=1S/C20H24N4O3/c1-2-14-3-5-15(6-4-14)19(25)24-8-7-17-16(13-24)18(22-21-17)20(26)23-9-11-27-12-10-23/h3-6H,2,7-13H2,1H3,(H,21,22). The lowest BCUT2D eigenvalue weighted by atomic mass is 10.0. The third-order valence-corrected chi connectivity index (χ3v) is 5.33. The Hall–Kier alpha value is -2.67. The van der Waals surface area contributed by atoms with E-state index in [2.05, 4.69) is 17.1 Å². The maximum absolute atomic E-state index is 12.9. The first-order valence-electron chi connectivity index (χ1n) is 9.48. The van der Waals surface area contributed by atoms with Crippen LogP contribution in [-0.2, 0) is 24.1 Å². The average molecular weight is 368 g/mol. The summed E-state index contributed by atoms with van der Waals surface area (Å²) in [4.78, 5) is 29.3. The van der Waals surface area contributed by atoms with Crippen LogP contribution in [0, 0.1) is 0 Å². The molecule has 0 saturated carbocycles. The van der Waals surface area contributed by atoms with Gasteiger partial charge < -0.3 is 14.5 Å². The Labute approximate surface area is 158 Å². The molecule has 0 bridgehead atoms. The lowest BCUT2D eigenvalue weighted by Crippen LogP contribution is -2.42. The molecule has 3 heterocycles. The van der Waals surface area contributed by atoms with Gasteiger partial charge in [-0.3, -0.25) is 14.7 Å². The molecule has 2 aromatic rings. The second kappa shape index (κ2) is 7.52. The van der Waals surface area contributed by atoms with E-state index in [0.29, 0.717) is 57.1 Å². The number of fused-ring (bicyclic) bond motifs is 1. The highest BCUT2D eigenvalue weighted by Gasteiger charge is 2.30. The van der Waals surface area contributed by atoms with E-state index in [1.54, 1.807) is 9.80 Å². The molecule has 1 aromatic heterocycles. The molecule has 1 saturated heterocycles. The smallest absolute Gasteiger partial charge is 0.274 e. The molecule has 1 N–H and O–H groups in total. The summed E-state index contributed by atoms with van der Waals surface area (Å²) in [6, 6.07) is 7.75. The quantitative estimate of drug-likeness (QED) is 0.893. The molecule has 0 radical (unpaired) electrons. The highest BCUT2D eigenvalue weighted by molar-refractivity contribution is 5.96. The topological polar surface area (TPSA) is 78.5 Å². The molecular formula is C20H24N4O3. The summed E-state index contributed by atoms with van der Waals surface area (Å²) in [7, 11) is 0. The van der Waals surface area contributed by atoms with Crippen molar-refractivity contribution in [2.45, 2.75) is 26.3 Å². The molecule has 7 heteroatoms. The summed E-state index contributed by atoms with van der Waals surface area (Å²) in [5.74, 6) is -0.0910. The van der Waals surface area contributed by atoms with Crippen LogP contribution in [0.1, 0.15) is 44.6 Å². The van der Waals surface area contributed by atoms with E-state index in [1.807, 2.05) is 24.3 Å². The predicted molar refractivity (Wildman–Crippen MR) is 99.6 cm³/mol. The first-order valence-corrected chi connectivity index (χ1v) is 9.48. The van der Waals surface area contributed by atoms with Crippen molar-refractivity contribution in [3.63, 3.8) is 0 Å². The number of carbonyl (C=O) groups is 2. The maximum atomic E-state index is 12.9. The van der Waals surface area contributed by atoms with Gasteiger partial charge in [0.15, 0.2) is 5.69 Å². The van der Waals surface area contributed by atoms with Gasteiger partial charge in [-0.05, 0) is 24.1 Å². The molecule has 1 fully saturated rings. The van der Waals surface area contributed by atoms with E-state index >= 15 is 0 Å². The maximum Gasteiger partial charge on any atom is 0.274 e. The fourth-order valence-electron chi connectivity index (χ4n) is 3.63. The van der Waals surface area contributed by atoms with Crippen molar-refractivity contribution in [2.75, 3.05) is 32.8 Å². The zero-order valence-corrected chi connectivity index (χ0v) is 15.5. The molecule has 0 spiro atoms. The second-order valence-corrected chi connectivity index (χ2v) is 6.96. The van der Waals surface area contributed by atoms with Crippen LogP contribution < -0.4 is 0 Å². The third-order valence-electron chi connectivity index (χ3n) is 5.33. The number of hydrogen-bond donors (Lipinski definition) is 1. The Bertz CT molecular complexity index is 837. The van der Waals surface area contributed by atoms with Crippen molar-refractivity contribution in [3.8, 4) is 0 Å². The summed E-state index contributed by atoms with van der Waals surface area (Å²) in [6.45, 7) is 5.38. The number of ether oxygens (including phenoxy) is 1. The number of nitrogens with one attached hydrogen (secondary N) is 1. The van der Waals surface area contributed by atoms with Crippen LogP contribution in [0.5, 0.6) is 0 Å². The van der Waals surface area contributed by atoms with Crippen LogP contribution in [0.4, 0.5) is 0 Å². The Balaban J connectivity index is 1.52. The van der Waals surface area contributed by atoms with Gasteiger partial charge in [0.2, 0.25) is 0 Å². The number of morpholine rings is 1. The van der Waals surface area contributed by atoms with Crippen molar-refractivity contribution in [3.05, 3.63) is 52.3 Å². The van der Waals surface area contributed by atoms with Gasteiger partial charge in [-0.25, -0.2) is 0 Å². The summed E-state index contributed by atoms with van der Waals surface area (Å²) in [5, 5.41) is 7.26. The zero-order chi connectivity index (χ0) is 18.8. The van der Waals surface area contributed by atoms with Gasteiger partial charge in [-0.15, -0.1) is 0 Å². The van der Waals surface area contributed by atoms with Gasteiger partial charge in [-0.2, -0.15) is 5.10 Å². The van der Waals surface area contributed by atoms with E-state index in [-0.39, 0.29) is 11.8 Å². The Kier molecular flexibility index (Phi) is 4.94. The van der Waals surface area contributed by atoms with Crippen molar-refractivity contribution in [2.24, 2.45) is 0 Å². The van der Waals surface area contributed by atoms with Crippen LogP contribution in [0.15, 0.2) is 24.3 Å². The number of aromatic nitrogens is 2. The fraction of sp³-hybridized carbons (Fsp3) is 0.450. The van der Waals surface area contributed by atoms with Gasteiger partial charge in [-0.1, -0.05) is 19.1 Å². The minimum atomic E-state index is -0.0857. The van der Waals surface area contributed by atoms with Gasteiger partial charge in [0.1, 0.15) is 0 Å². The minimum Gasteiger partial charge on any atom is -0.378 e. The van der Waals surface area contributed by atoms with Gasteiger partial charge >= 0.3 is 0 Å². The Morgan fingerprint density at radius 1 is 1.07 bits per heavy atom. The minimum absolute atomic E-state index is 0.00530. The molecule has 7 nitrogen and oxygen atoms in total. The number of aryl methyl sites for hydroxylation is 1. The lowest BCUT2D eigenvalue weighted by molar-refractivity contribution is 0.0297. The molecule has 2 amide bonds. The first kappa shape index (κ1) is 17.7. The van der Waals surface area contributed by atoms with Crippen molar-refractivity contribution >= 4 is 11.8 Å². The van der Waals surface area contributed by atoms with Gasteiger partial charge in [0, 0.05) is 42.9 Å². The Morgan fingerprint density at radius 3 is 2.52 bits per heavy atom. The second-order valence-electron chi connectivity index (χ2n) is 6.96. The number of benzene rings is 1. The highest BCUT2D eigenvalue weighted by atomic mass is 16.5. The molecule has 2 aliphatic heterocycles. The summed E-state index contributed by atoms with van der Waals surface area (Å²) < 4.78 is 5.32. The number of nitrogens with zero attached hydrogens (tertiary/aromatic N) is 3. The largest absolute Gasteiger partial charge is 0.378 e. The molecule has 27 heavy (non-hydrogen) atoms. The number of carbonyl (C=O) groups excluding carboxylic acids is 2. The molecule has 1 aromatic carbocycles. The highest BCUT2D eigenvalue weighted by Crippen LogP contribution is 2.23. The van der Waals surface area contributed by atoms with Crippen LogP contribution in [0.25, 0.3) is 0 Å². The van der Waals surface area contributed by atoms with Crippen LogP contribution in [0.3, 0.4) is 0 Å². The number of amides is 2. The number of hydrogen-bond acceptors (Lipinski definition) is 4. The summed E-state index contributed by atoms with van der Waals surface area (Å²) in [5.41, 5.74) is 4.12. The van der Waals surface area contributed by atoms with Crippen molar-refractivity contribution in [1.82, 2.24) is 20.0 Å². The monoisotopic (exact) mass is 368 g/mol. The Morgan fingerprint density at radius 2 is 1.81 bits per heavy atom. The zero-order valence-electron chi connectivity index (χ0n) is 15.5. The lowest BCUT2D eigenvalue weighted by Gasteiger charge is -2.29. The SMILES string of the molecule is CCc1ccc(C(=O)N2CCc3[nH]nc(C(=O)N4CCOCC4)c3C2)cc1. The number of rotatable bonds is 3. The van der Waals surface area contributed by atoms with Gasteiger partial charge in [0.05, 0.1) is 19.8 Å². The normalized spacial score (nSPS) is 16.9. The molecule has 0 unspecified atom stereocenters. The van der Waals surface area contributed by atoms with E-state index in [4.69, 9.17) is 4.74 Å². The molecule has 142 valence electrons. The van der Waals surface area contributed by atoms with E-state index in [0.717, 1.165) is 17.7 Å². The number of H-pyrrole nitrogens is 1. The fourth-order valence-corrected chi connectivity index (χ4v) is 3.63. The van der Waals surface area contributed by atoms with Crippen LogP contribution in [0.2, 0.25) is 0 Å². The summed E-state index contributed by atoms with van der Waals surface area (Å²) in [6.07, 6.45) is 1.63.